The van der Waals surface area contributed by atoms with E-state index in [-0.39, 0.29) is 5.91 Å². The van der Waals surface area contributed by atoms with E-state index in [1.54, 1.807) is 18.3 Å². The first kappa shape index (κ1) is 23.1. The fourth-order valence-corrected chi connectivity index (χ4v) is 3.33. The number of carbonyl (C=O) groups excluding carboxylic acids is 1. The van der Waals surface area contributed by atoms with Gasteiger partial charge in [-0.3, -0.25) is 4.79 Å². The van der Waals surface area contributed by atoms with Crippen LogP contribution in [0, 0.1) is 13.8 Å². The van der Waals surface area contributed by atoms with Gasteiger partial charge in [0.1, 0.15) is 11.5 Å². The molecule has 0 radical (unpaired) electrons. The maximum Gasteiger partial charge on any atom is 0.271 e. The van der Waals surface area contributed by atoms with E-state index in [2.05, 4.69) is 54.9 Å². The number of benzene rings is 2. The summed E-state index contributed by atoms with van der Waals surface area (Å²) < 4.78 is 13.7. The number of aryl methyl sites for hydroxylation is 2. The summed E-state index contributed by atoms with van der Waals surface area (Å²) in [5.41, 5.74) is 7.23. The molecular weight excluding hydrogens is 402 g/mol. The van der Waals surface area contributed by atoms with E-state index >= 15 is 0 Å². The zero-order chi connectivity index (χ0) is 22.9. The summed E-state index contributed by atoms with van der Waals surface area (Å²) in [6, 6.07) is 17.2. The monoisotopic (exact) mass is 433 g/mol. The Hall–Kier alpha value is -3.54. The van der Waals surface area contributed by atoms with Crippen LogP contribution in [0.3, 0.4) is 0 Å². The van der Waals surface area contributed by atoms with Gasteiger partial charge < -0.3 is 14.0 Å². The average molecular weight is 434 g/mol. The second-order valence-corrected chi connectivity index (χ2v) is 7.59. The van der Waals surface area contributed by atoms with Crippen molar-refractivity contribution in [2.45, 2.75) is 40.5 Å². The van der Waals surface area contributed by atoms with Crippen LogP contribution in [-0.2, 0) is 0 Å². The topological polar surface area (TPSA) is 64.8 Å². The van der Waals surface area contributed by atoms with E-state index in [0.29, 0.717) is 24.5 Å². The van der Waals surface area contributed by atoms with E-state index in [9.17, 15) is 4.79 Å². The first-order valence-corrected chi connectivity index (χ1v) is 11.0. The standard InChI is InChI=1S/C26H31N3O3/c1-5-15-31-24-14-11-22(25(17-24)32-16-6-2)18-27-28-26(30)21-9-12-23(13-10-21)29-19(3)7-8-20(29)4/h7-14,17-18H,5-6,15-16H2,1-4H3,(H,28,30)/b27-18+. The molecule has 1 N–H and O–H groups in total. The number of amides is 1. The minimum Gasteiger partial charge on any atom is -0.493 e. The number of ether oxygens (including phenoxy) is 2. The number of hydrogen-bond acceptors (Lipinski definition) is 4. The highest BCUT2D eigenvalue weighted by atomic mass is 16.5. The highest BCUT2D eigenvalue weighted by molar-refractivity contribution is 5.95. The summed E-state index contributed by atoms with van der Waals surface area (Å²) in [6.07, 6.45) is 3.42. The molecule has 0 atom stereocenters. The summed E-state index contributed by atoms with van der Waals surface area (Å²) >= 11 is 0. The highest BCUT2D eigenvalue weighted by Gasteiger charge is 2.08. The molecular formula is C26H31N3O3. The Morgan fingerprint density at radius 2 is 1.59 bits per heavy atom. The van der Waals surface area contributed by atoms with Gasteiger partial charge in [0.15, 0.2) is 0 Å². The number of aromatic nitrogens is 1. The first-order chi connectivity index (χ1) is 15.5. The molecule has 0 bridgehead atoms. The van der Waals surface area contributed by atoms with E-state index in [1.807, 2.05) is 30.3 Å². The van der Waals surface area contributed by atoms with Crippen molar-refractivity contribution >= 4 is 12.1 Å². The van der Waals surface area contributed by atoms with Crippen LogP contribution in [0.1, 0.15) is 54.0 Å². The molecule has 0 unspecified atom stereocenters. The van der Waals surface area contributed by atoms with Crippen molar-refractivity contribution in [3.8, 4) is 17.2 Å². The smallest absolute Gasteiger partial charge is 0.271 e. The Bertz CT molecular complexity index is 1050. The highest BCUT2D eigenvalue weighted by Crippen LogP contribution is 2.24. The molecule has 0 spiro atoms. The maximum absolute atomic E-state index is 12.5. The van der Waals surface area contributed by atoms with Gasteiger partial charge in [-0.2, -0.15) is 5.10 Å². The molecule has 2 aromatic carbocycles. The summed E-state index contributed by atoms with van der Waals surface area (Å²) in [7, 11) is 0. The normalized spacial score (nSPS) is 11.0. The minimum absolute atomic E-state index is 0.271. The van der Waals surface area contributed by atoms with Crippen LogP contribution >= 0.6 is 0 Å². The second kappa shape index (κ2) is 11.2. The summed E-state index contributed by atoms with van der Waals surface area (Å²) in [4.78, 5) is 12.5. The van der Waals surface area contributed by atoms with Crippen molar-refractivity contribution in [2.24, 2.45) is 5.10 Å². The van der Waals surface area contributed by atoms with E-state index in [4.69, 9.17) is 9.47 Å². The molecule has 0 aliphatic carbocycles. The molecule has 6 nitrogen and oxygen atoms in total. The van der Waals surface area contributed by atoms with Gasteiger partial charge in [-0.25, -0.2) is 5.43 Å². The predicted molar refractivity (Wildman–Crippen MR) is 128 cm³/mol. The molecule has 0 aliphatic heterocycles. The molecule has 6 heteroatoms. The lowest BCUT2D eigenvalue weighted by Crippen LogP contribution is -2.17. The quantitative estimate of drug-likeness (QED) is 0.342. The van der Waals surface area contributed by atoms with Gasteiger partial charge in [-0.1, -0.05) is 13.8 Å². The fraction of sp³-hybridized carbons (Fsp3) is 0.308. The largest absolute Gasteiger partial charge is 0.493 e. The van der Waals surface area contributed by atoms with Gasteiger partial charge in [-0.15, -0.1) is 0 Å². The van der Waals surface area contributed by atoms with Crippen LogP contribution in [0.25, 0.3) is 5.69 Å². The molecule has 1 heterocycles. The number of hydrogen-bond donors (Lipinski definition) is 1. The van der Waals surface area contributed by atoms with Crippen LogP contribution in [-0.4, -0.2) is 29.9 Å². The molecule has 0 saturated carbocycles. The fourth-order valence-electron chi connectivity index (χ4n) is 3.33. The van der Waals surface area contributed by atoms with Crippen LogP contribution in [0.5, 0.6) is 11.5 Å². The van der Waals surface area contributed by atoms with Gasteiger partial charge in [0, 0.05) is 34.3 Å². The summed E-state index contributed by atoms with van der Waals surface area (Å²) in [5, 5.41) is 4.13. The Balaban J connectivity index is 1.68. The van der Waals surface area contributed by atoms with Crippen LogP contribution in [0.15, 0.2) is 59.7 Å². The van der Waals surface area contributed by atoms with Crippen molar-refractivity contribution in [3.05, 3.63) is 77.1 Å². The van der Waals surface area contributed by atoms with Crippen molar-refractivity contribution in [3.63, 3.8) is 0 Å². The Kier molecular flexibility index (Phi) is 8.08. The van der Waals surface area contributed by atoms with Gasteiger partial charge in [-0.05, 0) is 75.2 Å². The lowest BCUT2D eigenvalue weighted by atomic mass is 10.2. The maximum atomic E-state index is 12.5. The molecule has 168 valence electrons. The number of hydrazone groups is 1. The molecule has 0 saturated heterocycles. The molecule has 1 aromatic heterocycles. The predicted octanol–water partition coefficient (Wildman–Crippen LogP) is 5.44. The van der Waals surface area contributed by atoms with Crippen molar-refractivity contribution in [1.82, 2.24) is 9.99 Å². The molecule has 3 rings (SSSR count). The molecule has 3 aromatic rings. The zero-order valence-corrected chi connectivity index (χ0v) is 19.2. The first-order valence-electron chi connectivity index (χ1n) is 11.0. The molecule has 0 aliphatic rings. The van der Waals surface area contributed by atoms with Crippen LogP contribution in [0.2, 0.25) is 0 Å². The third-order valence-electron chi connectivity index (χ3n) is 4.95. The zero-order valence-electron chi connectivity index (χ0n) is 19.2. The third-order valence-corrected chi connectivity index (χ3v) is 4.95. The van der Waals surface area contributed by atoms with Crippen molar-refractivity contribution in [1.29, 1.82) is 0 Å². The number of nitrogens with one attached hydrogen (secondary N) is 1. The van der Waals surface area contributed by atoms with Crippen molar-refractivity contribution < 1.29 is 14.3 Å². The minimum atomic E-state index is -0.271. The van der Waals surface area contributed by atoms with E-state index < -0.39 is 0 Å². The van der Waals surface area contributed by atoms with Crippen molar-refractivity contribution in [2.75, 3.05) is 13.2 Å². The van der Waals surface area contributed by atoms with Gasteiger partial charge >= 0.3 is 0 Å². The Morgan fingerprint density at radius 3 is 2.25 bits per heavy atom. The lowest BCUT2D eigenvalue weighted by molar-refractivity contribution is 0.0955. The van der Waals surface area contributed by atoms with Gasteiger partial charge in [0.05, 0.1) is 19.4 Å². The lowest BCUT2D eigenvalue weighted by Gasteiger charge is -2.11. The molecule has 32 heavy (non-hydrogen) atoms. The summed E-state index contributed by atoms with van der Waals surface area (Å²) in [5.74, 6) is 1.17. The summed E-state index contributed by atoms with van der Waals surface area (Å²) in [6.45, 7) is 9.48. The molecule has 0 fully saturated rings. The molecule has 1 amide bonds. The van der Waals surface area contributed by atoms with Crippen LogP contribution in [0.4, 0.5) is 0 Å². The van der Waals surface area contributed by atoms with E-state index in [0.717, 1.165) is 41.2 Å². The number of rotatable bonds is 10. The van der Waals surface area contributed by atoms with Gasteiger partial charge in [0.25, 0.3) is 5.91 Å². The van der Waals surface area contributed by atoms with E-state index in [1.165, 1.54) is 0 Å². The number of nitrogens with zero attached hydrogens (tertiary/aromatic N) is 2. The Labute approximate surface area is 189 Å². The third kappa shape index (κ3) is 5.78. The number of carbonyl (C=O) groups is 1. The average Bonchev–Trinajstić information content (AvgIpc) is 3.15. The Morgan fingerprint density at radius 1 is 0.938 bits per heavy atom. The second-order valence-electron chi connectivity index (χ2n) is 7.59. The SMILES string of the molecule is CCCOc1ccc(/C=N/NC(=O)c2ccc(-n3c(C)ccc3C)cc2)c(OCCC)c1. The van der Waals surface area contributed by atoms with Crippen LogP contribution < -0.4 is 14.9 Å². The van der Waals surface area contributed by atoms with Gasteiger partial charge in [0.2, 0.25) is 0 Å².